The first-order valence-electron chi connectivity index (χ1n) is 8.26. The third-order valence-electron chi connectivity index (χ3n) is 5.15. The molecule has 1 spiro atoms. The molecule has 0 fully saturated rings. The largest absolute Gasteiger partial charge is 0.462 e. The smallest absolute Gasteiger partial charge is 0.283 e. The minimum atomic E-state index is -0.544. The van der Waals surface area contributed by atoms with Crippen LogP contribution in [-0.2, 0) is 16.7 Å². The highest BCUT2D eigenvalue weighted by molar-refractivity contribution is 6.30. The zero-order valence-corrected chi connectivity index (χ0v) is 14.8. The second-order valence-corrected chi connectivity index (χ2v) is 7.79. The fraction of sp³-hybridized carbons (Fsp3) is 0.368. The molecule has 4 rings (SSSR count). The molecule has 1 aliphatic carbocycles. The summed E-state index contributed by atoms with van der Waals surface area (Å²) >= 11 is 6.09. The molecule has 1 aromatic heterocycles. The molecule has 2 heterocycles. The maximum absolute atomic E-state index is 9.91. The molecule has 2 aromatic rings. The van der Waals surface area contributed by atoms with Crippen molar-refractivity contribution in [1.29, 1.82) is 0 Å². The third-order valence-corrected chi connectivity index (χ3v) is 5.36. The number of aliphatic hydroxyl groups is 1. The van der Waals surface area contributed by atoms with Crippen LogP contribution < -0.4 is 5.73 Å². The van der Waals surface area contributed by atoms with Crippen LogP contribution in [0.1, 0.15) is 24.5 Å². The number of rotatable bonds is 2. The quantitative estimate of drug-likeness (QED) is 0.866. The molecule has 2 atom stereocenters. The first-order chi connectivity index (χ1) is 11.9. The molecule has 1 aromatic carbocycles. The Hall–Kier alpha value is -2.11. The topological polar surface area (TPSA) is 80.7 Å². The average Bonchev–Trinajstić information content (AvgIpc) is 2.95. The van der Waals surface area contributed by atoms with Crippen molar-refractivity contribution in [3.05, 3.63) is 52.8 Å². The van der Waals surface area contributed by atoms with E-state index in [-0.39, 0.29) is 18.0 Å². The van der Waals surface area contributed by atoms with E-state index in [1.807, 2.05) is 6.07 Å². The van der Waals surface area contributed by atoms with Crippen LogP contribution in [0, 0.1) is 5.41 Å². The summed E-state index contributed by atoms with van der Waals surface area (Å²) in [4.78, 5) is 8.81. The van der Waals surface area contributed by atoms with Gasteiger partial charge in [-0.3, -0.25) is 4.98 Å². The second kappa shape index (κ2) is 5.71. The van der Waals surface area contributed by atoms with E-state index in [2.05, 4.69) is 35.1 Å². The number of pyridine rings is 1. The van der Waals surface area contributed by atoms with Gasteiger partial charge in [-0.05, 0) is 47.1 Å². The number of aliphatic imine (C=N–C) groups is 1. The molecule has 0 bridgehead atoms. The van der Waals surface area contributed by atoms with Crippen LogP contribution in [0.5, 0.6) is 0 Å². The van der Waals surface area contributed by atoms with E-state index < -0.39 is 5.54 Å². The maximum Gasteiger partial charge on any atom is 0.283 e. The number of ether oxygens (including phenoxy) is 1. The van der Waals surface area contributed by atoms with E-state index in [1.165, 1.54) is 5.56 Å². The molecule has 1 aliphatic heterocycles. The summed E-state index contributed by atoms with van der Waals surface area (Å²) < 4.78 is 5.52. The Labute approximate surface area is 151 Å². The number of nitrogens with two attached hydrogens (primary N) is 1. The van der Waals surface area contributed by atoms with Crippen LogP contribution in [-0.4, -0.2) is 29.3 Å². The zero-order valence-electron chi connectivity index (χ0n) is 14.0. The normalized spacial score (nSPS) is 27.7. The Balaban J connectivity index is 1.86. The molecule has 6 heteroatoms. The van der Waals surface area contributed by atoms with E-state index in [0.29, 0.717) is 18.1 Å². The van der Waals surface area contributed by atoms with Gasteiger partial charge in [0, 0.05) is 24.6 Å². The molecule has 0 amide bonds. The van der Waals surface area contributed by atoms with Crippen LogP contribution in [0.2, 0.25) is 5.02 Å². The van der Waals surface area contributed by atoms with Gasteiger partial charge in [0.1, 0.15) is 12.1 Å². The number of benzene rings is 1. The van der Waals surface area contributed by atoms with Gasteiger partial charge in [0.05, 0.1) is 5.02 Å². The van der Waals surface area contributed by atoms with Gasteiger partial charge in [0.25, 0.3) is 6.02 Å². The summed E-state index contributed by atoms with van der Waals surface area (Å²) in [6.45, 7) is 2.58. The van der Waals surface area contributed by atoms with Crippen molar-refractivity contribution >= 4 is 17.6 Å². The van der Waals surface area contributed by atoms with Crippen molar-refractivity contribution in [2.75, 3.05) is 13.2 Å². The highest BCUT2D eigenvalue weighted by atomic mass is 35.5. The first kappa shape index (κ1) is 16.4. The lowest BCUT2D eigenvalue weighted by molar-refractivity contribution is 0.0801. The number of nitrogens with zero attached hydrogens (tertiary/aromatic N) is 2. The summed E-state index contributed by atoms with van der Waals surface area (Å²) in [5.74, 6) is 0. The third kappa shape index (κ3) is 2.77. The highest BCUT2D eigenvalue weighted by Gasteiger charge is 2.48. The van der Waals surface area contributed by atoms with E-state index in [0.717, 1.165) is 23.1 Å². The average molecular weight is 358 g/mol. The van der Waals surface area contributed by atoms with Gasteiger partial charge in [-0.25, -0.2) is 4.99 Å². The van der Waals surface area contributed by atoms with E-state index in [1.54, 1.807) is 12.4 Å². The van der Waals surface area contributed by atoms with Crippen molar-refractivity contribution in [3.63, 3.8) is 0 Å². The Morgan fingerprint density at radius 3 is 2.80 bits per heavy atom. The van der Waals surface area contributed by atoms with Crippen molar-refractivity contribution in [2.45, 2.75) is 25.3 Å². The predicted molar refractivity (Wildman–Crippen MR) is 97.4 cm³/mol. The van der Waals surface area contributed by atoms with Crippen LogP contribution in [0.25, 0.3) is 11.1 Å². The van der Waals surface area contributed by atoms with Crippen LogP contribution in [0.15, 0.2) is 41.7 Å². The summed E-state index contributed by atoms with van der Waals surface area (Å²) in [5.41, 5.74) is 9.31. The summed E-state index contributed by atoms with van der Waals surface area (Å²) in [5, 5.41) is 10.5. The van der Waals surface area contributed by atoms with Crippen LogP contribution in [0.4, 0.5) is 0 Å². The van der Waals surface area contributed by atoms with Gasteiger partial charge in [-0.15, -0.1) is 0 Å². The van der Waals surface area contributed by atoms with Crippen molar-refractivity contribution in [3.8, 4) is 11.1 Å². The van der Waals surface area contributed by atoms with Crippen molar-refractivity contribution in [2.24, 2.45) is 16.1 Å². The lowest BCUT2D eigenvalue weighted by Gasteiger charge is -2.42. The van der Waals surface area contributed by atoms with Crippen LogP contribution in [0.3, 0.4) is 0 Å². The molecular formula is C19H20ClN3O2. The summed E-state index contributed by atoms with van der Waals surface area (Å²) in [6, 6.07) is 8.40. The van der Waals surface area contributed by atoms with Gasteiger partial charge in [0.15, 0.2) is 0 Å². The number of aliphatic hydroxyl groups excluding tert-OH is 1. The number of amidine groups is 1. The molecule has 130 valence electrons. The van der Waals surface area contributed by atoms with Gasteiger partial charge in [-0.1, -0.05) is 30.7 Å². The van der Waals surface area contributed by atoms with Gasteiger partial charge in [-0.2, -0.15) is 0 Å². The Kier molecular flexibility index (Phi) is 3.74. The number of aromatic nitrogens is 1. The number of fused-ring (bicyclic) bond motifs is 2. The van der Waals surface area contributed by atoms with Crippen molar-refractivity contribution in [1.82, 2.24) is 4.98 Å². The van der Waals surface area contributed by atoms with E-state index in [9.17, 15) is 5.11 Å². The lowest BCUT2D eigenvalue weighted by Crippen LogP contribution is -2.42. The Morgan fingerprint density at radius 2 is 2.12 bits per heavy atom. The zero-order chi connectivity index (χ0) is 17.7. The molecule has 25 heavy (non-hydrogen) atoms. The molecule has 0 unspecified atom stereocenters. The van der Waals surface area contributed by atoms with Crippen molar-refractivity contribution < 1.29 is 9.84 Å². The summed E-state index contributed by atoms with van der Waals surface area (Å²) in [7, 11) is 0. The minimum absolute atomic E-state index is 0.101. The highest BCUT2D eigenvalue weighted by Crippen LogP contribution is 2.49. The molecule has 0 saturated carbocycles. The lowest BCUT2D eigenvalue weighted by atomic mass is 9.65. The standard InChI is InChI=1S/C19H20ClN3O2/c1-18(10-24)6-13-3-2-12(14-4-15(20)8-22-7-14)5-16(13)19(9-18)11-25-17(21)23-19/h2-5,7-8,24H,6,9-11H2,1H3,(H2,21,23)/t18-,19+/m0/s1. The van der Waals surface area contributed by atoms with Gasteiger partial charge >= 0.3 is 0 Å². The first-order valence-corrected chi connectivity index (χ1v) is 8.64. The fourth-order valence-electron chi connectivity index (χ4n) is 4.05. The van der Waals surface area contributed by atoms with E-state index in [4.69, 9.17) is 22.1 Å². The van der Waals surface area contributed by atoms with Crippen LogP contribution >= 0.6 is 11.6 Å². The molecule has 2 aliphatic rings. The number of halogens is 1. The molecule has 5 nitrogen and oxygen atoms in total. The fourth-order valence-corrected chi connectivity index (χ4v) is 4.22. The van der Waals surface area contributed by atoms with Gasteiger partial charge < -0.3 is 15.6 Å². The number of hydrogen-bond donors (Lipinski definition) is 2. The molecule has 0 saturated heterocycles. The van der Waals surface area contributed by atoms with E-state index >= 15 is 0 Å². The SMILES string of the molecule is C[C@]1(CO)Cc2ccc(-c3cncc(Cl)c3)cc2[C@]2(COC(N)=N2)C1. The predicted octanol–water partition coefficient (Wildman–Crippen LogP) is 2.89. The molecular weight excluding hydrogens is 338 g/mol. The Bertz CT molecular complexity index is 869. The summed E-state index contributed by atoms with van der Waals surface area (Å²) in [6.07, 6.45) is 4.91. The second-order valence-electron chi connectivity index (χ2n) is 7.36. The molecule has 0 radical (unpaired) electrons. The molecule has 3 N–H and O–H groups in total. The maximum atomic E-state index is 9.91. The minimum Gasteiger partial charge on any atom is -0.462 e. The Morgan fingerprint density at radius 1 is 1.28 bits per heavy atom. The number of hydrogen-bond acceptors (Lipinski definition) is 5. The monoisotopic (exact) mass is 357 g/mol. The van der Waals surface area contributed by atoms with Gasteiger partial charge in [0.2, 0.25) is 0 Å².